The highest BCUT2D eigenvalue weighted by atomic mass is 16.5. The van der Waals surface area contributed by atoms with Gasteiger partial charge in [-0.15, -0.1) is 0 Å². The molecule has 9 heteroatoms. The number of hydrogen-bond acceptors (Lipinski definition) is 7. The third-order valence-electron chi connectivity index (χ3n) is 6.58. The zero-order chi connectivity index (χ0) is 22.0. The molecular weight excluding hydrogens is 412 g/mol. The molecule has 3 aliphatic heterocycles. The van der Waals surface area contributed by atoms with E-state index in [2.05, 4.69) is 10.1 Å². The van der Waals surface area contributed by atoms with E-state index in [4.69, 9.17) is 9.47 Å². The van der Waals surface area contributed by atoms with Crippen molar-refractivity contribution in [3.63, 3.8) is 0 Å². The standard InChI is InChI=1S/C23H20N4O5/c1-2-31-23(30)14-11-25-27-15(8-9-24-20(14)27)12-4-3-5-13(10-12)26-21(28)18-16-6-7-17(32-16)19(18)22(26)29/h3-5,8-11,16-19H,2,6-7H2,1H3. The molecule has 4 unspecified atom stereocenters. The smallest absolute Gasteiger partial charge is 0.343 e. The molecule has 3 aliphatic rings. The number of ether oxygens (including phenoxy) is 2. The number of aromatic nitrogens is 3. The summed E-state index contributed by atoms with van der Waals surface area (Å²) < 4.78 is 12.5. The van der Waals surface area contributed by atoms with E-state index < -0.39 is 5.97 Å². The van der Waals surface area contributed by atoms with E-state index in [1.807, 2.05) is 6.07 Å². The Bertz CT molecular complexity index is 1260. The third kappa shape index (κ3) is 2.57. The van der Waals surface area contributed by atoms with Crippen LogP contribution in [-0.4, -0.2) is 51.2 Å². The number of amides is 2. The van der Waals surface area contributed by atoms with E-state index in [1.165, 1.54) is 11.1 Å². The summed E-state index contributed by atoms with van der Waals surface area (Å²) >= 11 is 0. The van der Waals surface area contributed by atoms with Crippen LogP contribution in [0.5, 0.6) is 0 Å². The van der Waals surface area contributed by atoms with Crippen LogP contribution in [0.25, 0.3) is 16.9 Å². The monoisotopic (exact) mass is 432 g/mol. The SMILES string of the molecule is CCOC(=O)c1cnn2c(-c3cccc(N4C(=O)C5C6CCC(O6)C5C4=O)c3)ccnc12. The summed E-state index contributed by atoms with van der Waals surface area (Å²) in [6.45, 7) is 1.99. The predicted octanol–water partition coefficient (Wildman–Crippen LogP) is 2.24. The summed E-state index contributed by atoms with van der Waals surface area (Å²) in [5.41, 5.74) is 2.59. The van der Waals surface area contributed by atoms with Crippen LogP contribution in [0, 0.1) is 11.8 Å². The van der Waals surface area contributed by atoms with Gasteiger partial charge in [0.25, 0.3) is 0 Å². The minimum Gasteiger partial charge on any atom is -0.462 e. The summed E-state index contributed by atoms with van der Waals surface area (Å²) in [5, 5.41) is 4.32. The van der Waals surface area contributed by atoms with Crippen LogP contribution >= 0.6 is 0 Å². The number of nitrogens with zero attached hydrogens (tertiary/aromatic N) is 4. The van der Waals surface area contributed by atoms with E-state index in [1.54, 1.807) is 41.9 Å². The van der Waals surface area contributed by atoms with E-state index in [9.17, 15) is 14.4 Å². The lowest BCUT2D eigenvalue weighted by Crippen LogP contribution is -2.34. The largest absolute Gasteiger partial charge is 0.462 e. The highest BCUT2D eigenvalue weighted by molar-refractivity contribution is 6.23. The zero-order valence-corrected chi connectivity index (χ0v) is 17.3. The Morgan fingerprint density at radius 2 is 1.91 bits per heavy atom. The van der Waals surface area contributed by atoms with Gasteiger partial charge >= 0.3 is 5.97 Å². The van der Waals surface area contributed by atoms with Crippen molar-refractivity contribution in [1.82, 2.24) is 14.6 Å². The maximum Gasteiger partial charge on any atom is 0.343 e. The van der Waals surface area contributed by atoms with Gasteiger partial charge in [-0.25, -0.2) is 19.2 Å². The number of hydrogen-bond donors (Lipinski definition) is 0. The molecule has 2 amide bonds. The number of anilines is 1. The summed E-state index contributed by atoms with van der Waals surface area (Å²) in [4.78, 5) is 44.1. The van der Waals surface area contributed by atoms with Gasteiger partial charge in [0.1, 0.15) is 5.56 Å². The van der Waals surface area contributed by atoms with Crippen LogP contribution in [-0.2, 0) is 19.1 Å². The van der Waals surface area contributed by atoms with E-state index in [0.717, 1.165) is 18.4 Å². The quantitative estimate of drug-likeness (QED) is 0.460. The van der Waals surface area contributed by atoms with Crippen molar-refractivity contribution in [2.75, 3.05) is 11.5 Å². The molecule has 32 heavy (non-hydrogen) atoms. The average Bonchev–Trinajstić information content (AvgIpc) is 3.56. The van der Waals surface area contributed by atoms with Gasteiger partial charge in [-0.05, 0) is 38.0 Å². The fourth-order valence-electron chi connectivity index (χ4n) is 5.23. The lowest BCUT2D eigenvalue weighted by atomic mass is 9.81. The Morgan fingerprint density at radius 3 is 2.62 bits per heavy atom. The zero-order valence-electron chi connectivity index (χ0n) is 17.3. The fraction of sp³-hybridized carbons (Fsp3) is 0.348. The summed E-state index contributed by atoms with van der Waals surface area (Å²) in [7, 11) is 0. The van der Waals surface area contributed by atoms with Gasteiger partial charge in [0.05, 0.1) is 48.2 Å². The molecule has 6 rings (SSSR count). The molecule has 162 valence electrons. The first kappa shape index (κ1) is 19.1. The van der Waals surface area contributed by atoms with Gasteiger partial charge in [0.2, 0.25) is 11.8 Å². The first-order valence-electron chi connectivity index (χ1n) is 10.7. The molecule has 0 radical (unpaired) electrons. The number of imide groups is 1. The number of carbonyl (C=O) groups is 3. The van der Waals surface area contributed by atoms with Crippen LogP contribution in [0.4, 0.5) is 5.69 Å². The van der Waals surface area contributed by atoms with Crippen molar-refractivity contribution < 1.29 is 23.9 Å². The van der Waals surface area contributed by atoms with Crippen LogP contribution in [0.15, 0.2) is 42.7 Å². The summed E-state index contributed by atoms with van der Waals surface area (Å²) in [6, 6.07) is 8.98. The molecule has 3 aromatic rings. The first-order chi connectivity index (χ1) is 15.6. The van der Waals surface area contributed by atoms with E-state index in [0.29, 0.717) is 17.0 Å². The predicted molar refractivity (Wildman–Crippen MR) is 112 cm³/mol. The van der Waals surface area contributed by atoms with Gasteiger partial charge in [-0.3, -0.25) is 9.59 Å². The molecule has 9 nitrogen and oxygen atoms in total. The number of fused-ring (bicyclic) bond motifs is 6. The number of carbonyl (C=O) groups excluding carboxylic acids is 3. The number of esters is 1. The Balaban J connectivity index is 1.39. The maximum absolute atomic E-state index is 13.1. The van der Waals surface area contributed by atoms with Crippen molar-refractivity contribution in [3.05, 3.63) is 48.3 Å². The second-order valence-corrected chi connectivity index (χ2v) is 8.25. The van der Waals surface area contributed by atoms with Crippen LogP contribution < -0.4 is 4.90 Å². The first-order valence-corrected chi connectivity index (χ1v) is 10.7. The molecule has 2 aromatic heterocycles. The lowest BCUT2D eigenvalue weighted by Gasteiger charge is -2.18. The maximum atomic E-state index is 13.1. The minimum absolute atomic E-state index is 0.153. The van der Waals surface area contributed by atoms with Gasteiger partial charge < -0.3 is 9.47 Å². The fourth-order valence-corrected chi connectivity index (χ4v) is 5.23. The second kappa shape index (κ2) is 6.96. The van der Waals surface area contributed by atoms with Gasteiger partial charge in [-0.1, -0.05) is 12.1 Å². The van der Waals surface area contributed by atoms with Gasteiger partial charge in [0.15, 0.2) is 5.65 Å². The van der Waals surface area contributed by atoms with Crippen molar-refractivity contribution >= 4 is 29.1 Å². The summed E-state index contributed by atoms with van der Waals surface area (Å²) in [6.07, 6.45) is 4.37. The molecule has 0 spiro atoms. The molecule has 2 bridgehead atoms. The molecule has 5 heterocycles. The van der Waals surface area contributed by atoms with E-state index >= 15 is 0 Å². The average molecular weight is 432 g/mol. The molecular formula is C23H20N4O5. The molecule has 1 aromatic carbocycles. The third-order valence-corrected chi connectivity index (χ3v) is 6.58. The summed E-state index contributed by atoms with van der Waals surface area (Å²) in [5.74, 6) is -1.62. The van der Waals surface area contributed by atoms with Gasteiger partial charge in [0, 0.05) is 11.8 Å². The van der Waals surface area contributed by atoms with Crippen molar-refractivity contribution in [2.24, 2.45) is 11.8 Å². The molecule has 0 aliphatic carbocycles. The van der Waals surface area contributed by atoms with Crippen molar-refractivity contribution in [3.8, 4) is 11.3 Å². The lowest BCUT2D eigenvalue weighted by molar-refractivity contribution is -0.124. The molecule has 3 saturated heterocycles. The van der Waals surface area contributed by atoms with Crippen LogP contribution in [0.3, 0.4) is 0 Å². The Hall–Kier alpha value is -3.59. The topological polar surface area (TPSA) is 103 Å². The Kier molecular flexibility index (Phi) is 4.16. The molecule has 0 N–H and O–H groups in total. The molecule has 4 atom stereocenters. The normalized spacial score (nSPS) is 26.2. The van der Waals surface area contributed by atoms with E-state index in [-0.39, 0.29) is 48.0 Å². The molecule has 3 fully saturated rings. The van der Waals surface area contributed by atoms with Crippen LogP contribution in [0.1, 0.15) is 30.1 Å². The number of rotatable bonds is 4. The number of benzene rings is 1. The Morgan fingerprint density at radius 1 is 1.16 bits per heavy atom. The van der Waals surface area contributed by atoms with Gasteiger partial charge in [-0.2, -0.15) is 5.10 Å². The molecule has 0 saturated carbocycles. The minimum atomic E-state index is -0.488. The Labute approximate surface area is 182 Å². The van der Waals surface area contributed by atoms with Crippen molar-refractivity contribution in [2.45, 2.75) is 32.0 Å². The van der Waals surface area contributed by atoms with Crippen molar-refractivity contribution in [1.29, 1.82) is 0 Å². The van der Waals surface area contributed by atoms with Crippen LogP contribution in [0.2, 0.25) is 0 Å². The highest BCUT2D eigenvalue weighted by Gasteiger charge is 2.62. The highest BCUT2D eigenvalue weighted by Crippen LogP contribution is 2.49. The second-order valence-electron chi connectivity index (χ2n) is 8.25.